The van der Waals surface area contributed by atoms with E-state index in [2.05, 4.69) is 26.3 Å². The zero-order chi connectivity index (χ0) is 70.8. The molecule has 1 aliphatic heterocycles. The molecular weight excluding hydrogens is 1180 g/mol. The molecule has 0 unspecified atom stereocenters. The first-order valence-electron chi connectivity index (χ1n) is 32.9. The zero-order valence-corrected chi connectivity index (χ0v) is 59.8. The largest absolute Gasteiger partial charge is 0.390 e. The Kier molecular flexibility index (Phi) is 32.3. The first kappa shape index (κ1) is 81.3. The quantitative estimate of drug-likeness (QED) is 0.146. The van der Waals surface area contributed by atoms with Crippen LogP contribution in [0, 0.1) is 47.2 Å². The summed E-state index contributed by atoms with van der Waals surface area (Å²) in [7, 11) is 9.86. The summed E-state index contributed by atoms with van der Waals surface area (Å²) in [5, 5.41) is 23.4. The van der Waals surface area contributed by atoms with Crippen molar-refractivity contribution < 1.29 is 62.2 Å². The van der Waals surface area contributed by atoms with Gasteiger partial charge in [0.1, 0.15) is 72.3 Å². The number of likely N-dealkylation sites (N-methyl/N-ethyl adjacent to an activating group) is 7. The second kappa shape index (κ2) is 36.6. The first-order valence-corrected chi connectivity index (χ1v) is 32.9. The van der Waals surface area contributed by atoms with Crippen LogP contribution in [-0.2, 0) is 59.2 Å². The molecule has 13 atom stereocenters. The predicted molar refractivity (Wildman–Crippen MR) is 351 cm³/mol. The Morgan fingerprint density at radius 2 is 0.902 bits per heavy atom. The number of aliphatic hydroxyl groups is 1. The molecule has 2 heterocycles. The number of aryl methyl sites for hydroxylation is 1. The number of halogens is 1. The van der Waals surface area contributed by atoms with E-state index in [0.717, 1.165) is 16.0 Å². The van der Waals surface area contributed by atoms with Crippen molar-refractivity contribution in [2.75, 3.05) is 49.3 Å². The Morgan fingerprint density at radius 1 is 0.467 bits per heavy atom. The maximum atomic E-state index is 15.4. The maximum Gasteiger partial charge on any atom is 0.246 e. The molecule has 2 rings (SSSR count). The van der Waals surface area contributed by atoms with Crippen molar-refractivity contribution in [1.82, 2.24) is 60.6 Å². The molecule has 0 bridgehead atoms. The number of amides is 11. The summed E-state index contributed by atoms with van der Waals surface area (Å²) in [6, 6.07) is -11.1. The smallest absolute Gasteiger partial charge is 0.246 e. The molecule has 24 nitrogen and oxygen atoms in total. The molecular formula is C67H115FN12O12. The number of aliphatic hydroxyl groups excluding tert-OH is 1. The third-order valence-corrected chi connectivity index (χ3v) is 17.7. The van der Waals surface area contributed by atoms with Gasteiger partial charge in [-0.2, -0.15) is 0 Å². The average Bonchev–Trinajstić information content (AvgIpc) is 0.821. The SMILES string of the molecule is CC[C@@H]1NC(=O)[C@@H]([C@H](O)[C@H](C)CCCc2ccc(F)cn2)N(C)C(=O)[C@H](C(C)C)N(C)C(=O)[C@H](CC(C)C)N(C)C(=O)[C@H](CC(C)C)N(C)C(=O)[C@@H](C)NC(=O)[C@H](C)NC(=O)[C@H](CC(C)C)N(C)C(=O)[C@H](C(C)C)NC(=O)[C@H](CC(C)C)N(C)C(=O)[C@@H](C)N(C)C1=O. The van der Waals surface area contributed by atoms with Gasteiger partial charge >= 0.3 is 0 Å². The molecule has 1 aromatic rings. The van der Waals surface area contributed by atoms with E-state index in [-0.39, 0.29) is 55.8 Å². The molecule has 522 valence electrons. The van der Waals surface area contributed by atoms with Crippen LogP contribution in [0.15, 0.2) is 18.3 Å². The highest BCUT2D eigenvalue weighted by molar-refractivity contribution is 6.00. The fourth-order valence-electron chi connectivity index (χ4n) is 11.7. The maximum absolute atomic E-state index is 15.4. The third kappa shape index (κ3) is 22.2. The number of hydrogen-bond donors (Lipinski definition) is 5. The van der Waals surface area contributed by atoms with E-state index in [1.165, 1.54) is 101 Å². The van der Waals surface area contributed by atoms with E-state index in [1.54, 1.807) is 47.6 Å². The van der Waals surface area contributed by atoms with Crippen LogP contribution >= 0.6 is 0 Å². The van der Waals surface area contributed by atoms with Gasteiger partial charge in [-0.1, -0.05) is 96.9 Å². The van der Waals surface area contributed by atoms with Crippen LogP contribution in [0.2, 0.25) is 0 Å². The van der Waals surface area contributed by atoms with E-state index in [4.69, 9.17) is 0 Å². The summed E-state index contributed by atoms with van der Waals surface area (Å²) in [6.07, 6.45) is 1.15. The number of aromatic nitrogens is 1. The van der Waals surface area contributed by atoms with Crippen LogP contribution in [0.1, 0.15) is 168 Å². The third-order valence-electron chi connectivity index (χ3n) is 17.7. The topological polar surface area (TPSA) is 292 Å². The summed E-state index contributed by atoms with van der Waals surface area (Å²) in [5.74, 6) is -10.7. The lowest BCUT2D eigenvalue weighted by Gasteiger charge is -2.41. The lowest BCUT2D eigenvalue weighted by atomic mass is 9.90. The lowest BCUT2D eigenvalue weighted by molar-refractivity contribution is -0.157. The van der Waals surface area contributed by atoms with E-state index in [0.29, 0.717) is 25.0 Å². The summed E-state index contributed by atoms with van der Waals surface area (Å²) in [5.41, 5.74) is 0.593. The van der Waals surface area contributed by atoms with Gasteiger partial charge in [0.05, 0.1) is 12.3 Å². The Bertz CT molecular complexity index is 2680. The number of pyridine rings is 1. The van der Waals surface area contributed by atoms with Gasteiger partial charge in [0.25, 0.3) is 0 Å². The fraction of sp³-hybridized carbons (Fsp3) is 0.761. The summed E-state index contributed by atoms with van der Waals surface area (Å²) in [6.45, 7) is 29.4. The summed E-state index contributed by atoms with van der Waals surface area (Å²) >= 11 is 0. The molecule has 5 N–H and O–H groups in total. The Hall–Kier alpha value is -6.79. The van der Waals surface area contributed by atoms with Gasteiger partial charge in [-0.25, -0.2) is 4.39 Å². The fourth-order valence-corrected chi connectivity index (χ4v) is 11.7. The van der Waals surface area contributed by atoms with Gasteiger partial charge in [0.2, 0.25) is 65.0 Å². The normalized spacial score (nSPS) is 26.5. The van der Waals surface area contributed by atoms with Crippen molar-refractivity contribution in [3.8, 4) is 0 Å². The average molecular weight is 1300 g/mol. The number of nitrogens with one attached hydrogen (secondary N) is 4. The molecule has 25 heteroatoms. The van der Waals surface area contributed by atoms with E-state index >= 15 is 19.2 Å². The predicted octanol–water partition coefficient (Wildman–Crippen LogP) is 4.25. The molecule has 11 amide bonds. The number of carbonyl (C=O) groups is 11. The summed E-state index contributed by atoms with van der Waals surface area (Å²) in [4.78, 5) is 175. The van der Waals surface area contributed by atoms with Gasteiger partial charge in [-0.3, -0.25) is 57.7 Å². The van der Waals surface area contributed by atoms with Crippen molar-refractivity contribution in [3.05, 3.63) is 29.8 Å². The summed E-state index contributed by atoms with van der Waals surface area (Å²) < 4.78 is 13.7. The highest BCUT2D eigenvalue weighted by Crippen LogP contribution is 2.26. The van der Waals surface area contributed by atoms with Crippen molar-refractivity contribution in [3.63, 3.8) is 0 Å². The lowest BCUT2D eigenvalue weighted by Crippen LogP contribution is -2.64. The van der Waals surface area contributed by atoms with Crippen LogP contribution in [-0.4, -0.2) is 231 Å². The minimum Gasteiger partial charge on any atom is -0.390 e. The van der Waals surface area contributed by atoms with Gasteiger partial charge < -0.3 is 60.7 Å². The van der Waals surface area contributed by atoms with Gasteiger partial charge in [-0.15, -0.1) is 0 Å². The first-order chi connectivity index (χ1) is 42.5. The molecule has 1 fully saturated rings. The highest BCUT2D eigenvalue weighted by atomic mass is 19.1. The van der Waals surface area contributed by atoms with Crippen LogP contribution in [0.3, 0.4) is 0 Å². The monoisotopic (exact) mass is 1300 g/mol. The minimum absolute atomic E-state index is 0.0200. The van der Waals surface area contributed by atoms with Crippen molar-refractivity contribution in [1.29, 1.82) is 0 Å². The minimum atomic E-state index is -1.69. The van der Waals surface area contributed by atoms with Gasteiger partial charge in [0.15, 0.2) is 0 Å². The van der Waals surface area contributed by atoms with Crippen molar-refractivity contribution in [2.24, 2.45) is 41.4 Å². The van der Waals surface area contributed by atoms with Crippen LogP contribution in [0.5, 0.6) is 0 Å². The van der Waals surface area contributed by atoms with Crippen LogP contribution in [0.4, 0.5) is 4.39 Å². The van der Waals surface area contributed by atoms with Gasteiger partial charge in [-0.05, 0) is 126 Å². The Balaban J connectivity index is 3.01. The molecule has 0 spiro atoms. The van der Waals surface area contributed by atoms with Crippen molar-refractivity contribution in [2.45, 2.75) is 242 Å². The molecule has 0 aliphatic carbocycles. The Labute approximate surface area is 548 Å². The van der Waals surface area contributed by atoms with E-state index in [1.807, 2.05) is 55.4 Å². The number of nitrogens with zero attached hydrogens (tertiary/aromatic N) is 8. The van der Waals surface area contributed by atoms with E-state index < -0.39 is 161 Å². The molecule has 1 saturated heterocycles. The molecule has 1 aliphatic rings. The molecule has 0 radical (unpaired) electrons. The zero-order valence-electron chi connectivity index (χ0n) is 59.8. The standard InChI is InChI=1S/C67H115FN12O12/c1-25-48-63(88)74(18)45(17)62(87)75(19)50(32-37(4)5)59(84)73-53(40(10)11)66(91)76(20)49(31-36(2)3)58(83)70-43(15)57(82)71-44(16)61(86)77(21)51(33-38(6)7)64(89)78(22)52(34-39(8)9)65(90)79(23)54(41(12)13)67(92)80(24)55(60(85)72-48)56(81)42(14)27-26-28-47-30-29-46(68)35-69-47/h29-30,35-45,48-56,81H,25-28,31-34H2,1-24H3,(H,70,83)(H,71,82)(H,72,85)(H,73,84)/t42-,43+,44-,45-,48+,49+,50+,51+,52+,53+,54+,55-,56-/m1/s1. The van der Waals surface area contributed by atoms with Crippen LogP contribution in [0.25, 0.3) is 0 Å². The molecule has 0 aromatic carbocycles. The molecule has 0 saturated carbocycles. The molecule has 92 heavy (non-hydrogen) atoms. The molecule has 1 aromatic heterocycles. The Morgan fingerprint density at radius 3 is 1.36 bits per heavy atom. The highest BCUT2D eigenvalue weighted by Gasteiger charge is 2.46. The van der Waals surface area contributed by atoms with Gasteiger partial charge in [0, 0.05) is 55.0 Å². The number of hydrogen-bond acceptors (Lipinski definition) is 13. The van der Waals surface area contributed by atoms with Crippen LogP contribution < -0.4 is 21.3 Å². The second-order valence-electron chi connectivity index (χ2n) is 28.0. The van der Waals surface area contributed by atoms with E-state index in [9.17, 15) is 43.1 Å². The van der Waals surface area contributed by atoms with Crippen molar-refractivity contribution >= 4 is 65.0 Å². The number of carbonyl (C=O) groups excluding carboxylic acids is 11. The second-order valence-corrected chi connectivity index (χ2v) is 28.0. The number of rotatable bonds is 17.